The van der Waals surface area contributed by atoms with E-state index in [0.29, 0.717) is 0 Å². The van der Waals surface area contributed by atoms with Gasteiger partial charge in [-0.25, -0.2) is 4.98 Å². The number of hydrogen-bond acceptors (Lipinski definition) is 3. The molecule has 74 valence electrons. The summed E-state index contributed by atoms with van der Waals surface area (Å²) in [5, 5.41) is 3.18. The molecule has 1 unspecified atom stereocenters. The molecule has 0 spiro atoms. The van der Waals surface area contributed by atoms with Crippen LogP contribution in [0.1, 0.15) is 24.7 Å². The zero-order valence-electron chi connectivity index (χ0n) is 8.83. The van der Waals surface area contributed by atoms with E-state index in [1.54, 1.807) is 6.20 Å². The third kappa shape index (κ3) is 2.46. The highest BCUT2D eigenvalue weighted by molar-refractivity contribution is 5.42. The van der Waals surface area contributed by atoms with Crippen LogP contribution in [0, 0.1) is 26.2 Å². The largest absolute Gasteiger partial charge is 0.355 e. The van der Waals surface area contributed by atoms with Crippen molar-refractivity contribution < 1.29 is 0 Å². The van der Waals surface area contributed by atoms with Gasteiger partial charge >= 0.3 is 0 Å². The molecule has 1 rings (SSSR count). The van der Waals surface area contributed by atoms with Crippen LogP contribution in [0.5, 0.6) is 0 Å². The van der Waals surface area contributed by atoms with Crippen molar-refractivity contribution in [1.29, 1.82) is 0 Å². The van der Waals surface area contributed by atoms with Crippen LogP contribution in [-0.4, -0.2) is 16.0 Å². The van der Waals surface area contributed by atoms with Crippen LogP contribution >= 0.6 is 0 Å². The predicted octanol–water partition coefficient (Wildman–Crippen LogP) is 1.92. The van der Waals surface area contributed by atoms with E-state index in [2.05, 4.69) is 21.2 Å². The summed E-state index contributed by atoms with van der Waals surface area (Å²) in [5.74, 6) is 3.45. The third-order valence-corrected chi connectivity index (χ3v) is 2.00. The first kappa shape index (κ1) is 10.5. The minimum Gasteiger partial charge on any atom is -0.355 e. The van der Waals surface area contributed by atoms with Crippen molar-refractivity contribution in [3.05, 3.63) is 17.6 Å². The van der Waals surface area contributed by atoms with Gasteiger partial charge in [0.2, 0.25) is 0 Å². The molecule has 0 aliphatic rings. The minimum absolute atomic E-state index is 0.0322. The van der Waals surface area contributed by atoms with Gasteiger partial charge < -0.3 is 5.32 Å². The lowest BCUT2D eigenvalue weighted by atomic mass is 10.2. The van der Waals surface area contributed by atoms with Gasteiger partial charge in [0.15, 0.2) is 0 Å². The quantitative estimate of drug-likeness (QED) is 0.738. The number of terminal acetylenes is 1. The molecule has 1 heterocycles. The molecule has 0 radical (unpaired) electrons. The Hall–Kier alpha value is -1.56. The van der Waals surface area contributed by atoms with Crippen LogP contribution < -0.4 is 5.32 Å². The first-order chi connectivity index (χ1) is 6.67. The van der Waals surface area contributed by atoms with E-state index in [4.69, 9.17) is 6.42 Å². The van der Waals surface area contributed by atoms with Gasteiger partial charge in [-0.3, -0.25) is 4.98 Å². The van der Waals surface area contributed by atoms with Crippen LogP contribution in [-0.2, 0) is 0 Å². The summed E-state index contributed by atoms with van der Waals surface area (Å²) in [6.07, 6.45) is 7.99. The van der Waals surface area contributed by atoms with Crippen molar-refractivity contribution in [3.8, 4) is 12.3 Å². The second-order valence-corrected chi connectivity index (χ2v) is 3.22. The maximum atomic E-state index is 5.36. The Morgan fingerprint density at radius 2 is 2.29 bits per heavy atom. The van der Waals surface area contributed by atoms with Gasteiger partial charge in [-0.15, -0.1) is 6.42 Å². The number of rotatable bonds is 3. The smallest absolute Gasteiger partial charge is 0.148 e. The zero-order valence-corrected chi connectivity index (χ0v) is 8.83. The first-order valence-electron chi connectivity index (χ1n) is 4.70. The summed E-state index contributed by atoms with van der Waals surface area (Å²) >= 11 is 0. The zero-order chi connectivity index (χ0) is 10.6. The monoisotopic (exact) mass is 189 g/mol. The molecule has 0 aliphatic carbocycles. The van der Waals surface area contributed by atoms with Crippen molar-refractivity contribution in [1.82, 2.24) is 9.97 Å². The van der Waals surface area contributed by atoms with Crippen LogP contribution in [0.2, 0.25) is 0 Å². The Balaban J connectivity index is 2.86. The Labute approximate surface area is 85.0 Å². The van der Waals surface area contributed by atoms with E-state index >= 15 is 0 Å². The molecular formula is C11H15N3. The second kappa shape index (κ2) is 4.61. The molecule has 0 aromatic carbocycles. The lowest BCUT2D eigenvalue weighted by Crippen LogP contribution is -2.18. The van der Waals surface area contributed by atoms with E-state index in [-0.39, 0.29) is 6.04 Å². The SMILES string of the molecule is C#CC(CC)Nc1nc(C)cnc1C. The second-order valence-electron chi connectivity index (χ2n) is 3.22. The fraction of sp³-hybridized carbons (Fsp3) is 0.455. The molecule has 1 aromatic heterocycles. The van der Waals surface area contributed by atoms with Gasteiger partial charge in [-0.05, 0) is 20.3 Å². The minimum atomic E-state index is 0.0322. The number of hydrogen-bond donors (Lipinski definition) is 1. The van der Waals surface area contributed by atoms with Crippen molar-refractivity contribution >= 4 is 5.82 Å². The third-order valence-electron chi connectivity index (χ3n) is 2.00. The number of nitrogens with one attached hydrogen (secondary N) is 1. The van der Waals surface area contributed by atoms with E-state index in [1.165, 1.54) is 0 Å². The maximum Gasteiger partial charge on any atom is 0.148 e. The summed E-state index contributed by atoms with van der Waals surface area (Å²) in [6.45, 7) is 5.86. The summed E-state index contributed by atoms with van der Waals surface area (Å²) < 4.78 is 0. The lowest BCUT2D eigenvalue weighted by molar-refractivity contribution is 0.842. The van der Waals surface area contributed by atoms with Crippen LogP contribution in [0.15, 0.2) is 6.20 Å². The van der Waals surface area contributed by atoms with Crippen LogP contribution in [0.4, 0.5) is 5.82 Å². The summed E-state index contributed by atoms with van der Waals surface area (Å²) in [5.41, 5.74) is 1.77. The van der Waals surface area contributed by atoms with Gasteiger partial charge in [0.25, 0.3) is 0 Å². The molecular weight excluding hydrogens is 174 g/mol. The summed E-state index contributed by atoms with van der Waals surface area (Å²) in [4.78, 5) is 8.55. The molecule has 14 heavy (non-hydrogen) atoms. The van der Waals surface area contributed by atoms with Gasteiger partial charge in [-0.1, -0.05) is 12.8 Å². The predicted molar refractivity (Wildman–Crippen MR) is 58.0 cm³/mol. The van der Waals surface area contributed by atoms with E-state index in [1.807, 2.05) is 20.8 Å². The average Bonchev–Trinajstić information content (AvgIpc) is 2.19. The van der Waals surface area contributed by atoms with E-state index in [9.17, 15) is 0 Å². The molecule has 3 heteroatoms. The number of anilines is 1. The van der Waals surface area contributed by atoms with Crippen LogP contribution in [0.3, 0.4) is 0 Å². The Kier molecular flexibility index (Phi) is 3.47. The topological polar surface area (TPSA) is 37.8 Å². The van der Waals surface area contributed by atoms with Gasteiger partial charge in [-0.2, -0.15) is 0 Å². The van der Waals surface area contributed by atoms with Crippen molar-refractivity contribution in [2.75, 3.05) is 5.32 Å². The van der Waals surface area contributed by atoms with E-state index in [0.717, 1.165) is 23.6 Å². The molecule has 1 aromatic rings. The van der Waals surface area contributed by atoms with Gasteiger partial charge in [0.05, 0.1) is 17.4 Å². The Bertz CT molecular complexity index is 352. The Morgan fingerprint density at radius 1 is 1.57 bits per heavy atom. The number of nitrogens with zero attached hydrogens (tertiary/aromatic N) is 2. The molecule has 1 N–H and O–H groups in total. The fourth-order valence-corrected chi connectivity index (χ4v) is 1.10. The lowest BCUT2D eigenvalue weighted by Gasteiger charge is -2.13. The van der Waals surface area contributed by atoms with Crippen LogP contribution in [0.25, 0.3) is 0 Å². The standard InChI is InChI=1S/C11H15N3/c1-5-10(6-2)14-11-9(4)12-7-8(3)13-11/h1,7,10H,6H2,2-4H3,(H,13,14). The number of aryl methyl sites for hydroxylation is 2. The highest BCUT2D eigenvalue weighted by atomic mass is 15.0. The Morgan fingerprint density at radius 3 is 2.86 bits per heavy atom. The highest BCUT2D eigenvalue weighted by Gasteiger charge is 2.06. The molecule has 0 aliphatic heterocycles. The molecule has 1 atom stereocenters. The number of aromatic nitrogens is 2. The molecule has 0 saturated heterocycles. The molecule has 0 amide bonds. The molecule has 3 nitrogen and oxygen atoms in total. The molecule has 0 fully saturated rings. The van der Waals surface area contributed by atoms with Crippen molar-refractivity contribution in [3.63, 3.8) is 0 Å². The van der Waals surface area contributed by atoms with Crippen molar-refractivity contribution in [2.45, 2.75) is 33.2 Å². The molecule has 0 bridgehead atoms. The van der Waals surface area contributed by atoms with Gasteiger partial charge in [0, 0.05) is 6.20 Å². The fourth-order valence-electron chi connectivity index (χ4n) is 1.10. The summed E-state index contributed by atoms with van der Waals surface area (Å²) in [6, 6.07) is 0.0322. The summed E-state index contributed by atoms with van der Waals surface area (Å²) in [7, 11) is 0. The normalized spacial score (nSPS) is 11.9. The van der Waals surface area contributed by atoms with Gasteiger partial charge in [0.1, 0.15) is 5.82 Å². The highest BCUT2D eigenvalue weighted by Crippen LogP contribution is 2.10. The van der Waals surface area contributed by atoms with E-state index < -0.39 is 0 Å². The van der Waals surface area contributed by atoms with Crippen molar-refractivity contribution in [2.24, 2.45) is 0 Å². The maximum absolute atomic E-state index is 5.36. The first-order valence-corrected chi connectivity index (χ1v) is 4.70. The average molecular weight is 189 g/mol. The molecule has 0 saturated carbocycles.